The van der Waals surface area contributed by atoms with Crippen molar-refractivity contribution in [2.24, 2.45) is 5.92 Å². The third-order valence-corrected chi connectivity index (χ3v) is 7.93. The van der Waals surface area contributed by atoms with Crippen molar-refractivity contribution in [2.45, 2.75) is 44.4 Å². The van der Waals surface area contributed by atoms with Gasteiger partial charge in [0.25, 0.3) is 5.56 Å². The topological polar surface area (TPSA) is 74.8 Å². The second-order valence-electron chi connectivity index (χ2n) is 7.25. The molecule has 0 aliphatic heterocycles. The average Bonchev–Trinajstić information content (AvgIpc) is 3.33. The molecule has 0 aromatic carbocycles. The van der Waals surface area contributed by atoms with Crippen LogP contribution in [0.2, 0.25) is 0 Å². The Kier molecular flexibility index (Phi) is 6.18. The Balaban J connectivity index is 1.37. The first-order valence-corrected chi connectivity index (χ1v) is 12.4. The lowest BCUT2D eigenvalue weighted by Gasteiger charge is -2.29. The maximum absolute atomic E-state index is 12.6. The van der Waals surface area contributed by atoms with Crippen LogP contribution in [0.15, 0.2) is 27.7 Å². The first kappa shape index (κ1) is 19.7. The van der Waals surface area contributed by atoms with Gasteiger partial charge in [-0.15, -0.1) is 34.4 Å². The molecule has 28 heavy (non-hydrogen) atoms. The van der Waals surface area contributed by atoms with Gasteiger partial charge in [0.15, 0.2) is 0 Å². The van der Waals surface area contributed by atoms with Gasteiger partial charge < -0.3 is 10.3 Å². The van der Waals surface area contributed by atoms with Crippen molar-refractivity contribution in [1.82, 2.24) is 15.3 Å². The number of aromatic amines is 1. The fourth-order valence-corrected chi connectivity index (χ4v) is 6.18. The van der Waals surface area contributed by atoms with Crippen LogP contribution in [0.4, 0.5) is 0 Å². The molecule has 3 heterocycles. The molecule has 1 amide bonds. The monoisotopic (exact) mass is 433 g/mol. The molecule has 2 N–H and O–H groups in total. The molecule has 1 fully saturated rings. The second kappa shape index (κ2) is 8.80. The summed E-state index contributed by atoms with van der Waals surface area (Å²) in [7, 11) is 0. The van der Waals surface area contributed by atoms with E-state index in [2.05, 4.69) is 22.2 Å². The third kappa shape index (κ3) is 4.34. The number of carbonyl (C=O) groups excluding carboxylic acids is 1. The van der Waals surface area contributed by atoms with Gasteiger partial charge in [0, 0.05) is 21.9 Å². The van der Waals surface area contributed by atoms with Crippen LogP contribution in [0.3, 0.4) is 0 Å². The molecule has 8 heteroatoms. The van der Waals surface area contributed by atoms with E-state index in [0.717, 1.165) is 21.7 Å². The lowest BCUT2D eigenvalue weighted by atomic mass is 9.86. The normalized spacial score (nSPS) is 19.8. The van der Waals surface area contributed by atoms with Crippen LogP contribution in [0.5, 0.6) is 0 Å². The highest BCUT2D eigenvalue weighted by Gasteiger charge is 2.22. The minimum Gasteiger partial charge on any atom is -0.352 e. The predicted molar refractivity (Wildman–Crippen MR) is 119 cm³/mol. The second-order valence-corrected chi connectivity index (χ2v) is 10.0. The van der Waals surface area contributed by atoms with Crippen LogP contribution in [0.25, 0.3) is 20.7 Å². The van der Waals surface area contributed by atoms with E-state index >= 15 is 0 Å². The van der Waals surface area contributed by atoms with E-state index in [4.69, 9.17) is 0 Å². The largest absolute Gasteiger partial charge is 0.352 e. The van der Waals surface area contributed by atoms with Crippen molar-refractivity contribution < 1.29 is 4.79 Å². The van der Waals surface area contributed by atoms with Crippen LogP contribution in [-0.4, -0.2) is 27.7 Å². The lowest BCUT2D eigenvalue weighted by molar-refractivity contribution is -0.119. The number of amides is 1. The van der Waals surface area contributed by atoms with Gasteiger partial charge in [-0.1, -0.05) is 25.8 Å². The summed E-state index contributed by atoms with van der Waals surface area (Å²) >= 11 is 4.60. The molecule has 148 valence electrons. The van der Waals surface area contributed by atoms with Crippen LogP contribution < -0.4 is 10.9 Å². The number of nitrogens with one attached hydrogen (secondary N) is 2. The van der Waals surface area contributed by atoms with Crippen molar-refractivity contribution in [3.8, 4) is 10.4 Å². The van der Waals surface area contributed by atoms with Gasteiger partial charge >= 0.3 is 0 Å². The van der Waals surface area contributed by atoms with Gasteiger partial charge in [-0.25, -0.2) is 4.98 Å². The molecule has 1 aliphatic rings. The van der Waals surface area contributed by atoms with Crippen molar-refractivity contribution in [1.29, 1.82) is 0 Å². The molecule has 0 unspecified atom stereocenters. The summed E-state index contributed by atoms with van der Waals surface area (Å²) in [5.41, 5.74) is 0.842. The number of thioether (sulfide) groups is 1. The maximum Gasteiger partial charge on any atom is 0.260 e. The highest BCUT2D eigenvalue weighted by molar-refractivity contribution is 7.99. The van der Waals surface area contributed by atoms with Gasteiger partial charge in [-0.05, 0) is 30.2 Å². The Morgan fingerprint density at radius 1 is 1.36 bits per heavy atom. The lowest BCUT2D eigenvalue weighted by Crippen LogP contribution is -2.41. The van der Waals surface area contributed by atoms with Gasteiger partial charge in [0.1, 0.15) is 10.7 Å². The van der Waals surface area contributed by atoms with Crippen LogP contribution >= 0.6 is 34.4 Å². The first-order chi connectivity index (χ1) is 13.6. The number of hydrogen-bond acceptors (Lipinski definition) is 6. The van der Waals surface area contributed by atoms with Crippen molar-refractivity contribution in [2.75, 3.05) is 5.75 Å². The molecule has 0 bridgehead atoms. The van der Waals surface area contributed by atoms with E-state index < -0.39 is 0 Å². The van der Waals surface area contributed by atoms with E-state index in [1.165, 1.54) is 42.4 Å². The number of fused-ring (bicyclic) bond motifs is 1. The zero-order valence-electron chi connectivity index (χ0n) is 15.7. The van der Waals surface area contributed by atoms with E-state index in [-0.39, 0.29) is 11.5 Å². The average molecular weight is 434 g/mol. The minimum absolute atomic E-state index is 0.0725. The number of thiophene rings is 2. The summed E-state index contributed by atoms with van der Waals surface area (Å²) in [6.07, 6.45) is 4.73. The van der Waals surface area contributed by atoms with Gasteiger partial charge in [0.05, 0.1) is 16.9 Å². The van der Waals surface area contributed by atoms with Crippen molar-refractivity contribution in [3.63, 3.8) is 0 Å². The Hall–Kier alpha value is -1.64. The molecule has 5 nitrogen and oxygen atoms in total. The molecular formula is C20H23N3O2S3. The molecule has 1 aliphatic carbocycles. The molecule has 3 aromatic rings. The van der Waals surface area contributed by atoms with Gasteiger partial charge in [0.2, 0.25) is 5.91 Å². The SMILES string of the molecule is C[C@@H]1CCCC[C@@H]1NC(=O)CSCc1nc2scc(-c3cccs3)c2c(=O)[nH]1. The summed E-state index contributed by atoms with van der Waals surface area (Å²) in [5, 5.41) is 7.82. The summed E-state index contributed by atoms with van der Waals surface area (Å²) in [6.45, 7) is 2.21. The summed E-state index contributed by atoms with van der Waals surface area (Å²) in [5.74, 6) is 2.16. The highest BCUT2D eigenvalue weighted by atomic mass is 32.2. The standard InChI is InChI=1S/C20H23N3O2S3/c1-12-5-2-3-6-14(12)21-17(24)11-26-10-16-22-19(25)18-13(9-28-20(18)23-16)15-7-4-8-27-15/h4,7-9,12,14H,2-3,5-6,10-11H2,1H3,(H,21,24)(H,22,23,25)/t12-,14+/m1/s1. The Bertz CT molecular complexity index is 1010. The molecular weight excluding hydrogens is 410 g/mol. The number of hydrogen-bond donors (Lipinski definition) is 2. The molecule has 2 atom stereocenters. The van der Waals surface area contributed by atoms with Crippen LogP contribution in [0.1, 0.15) is 38.4 Å². The number of aromatic nitrogens is 2. The highest BCUT2D eigenvalue weighted by Crippen LogP contribution is 2.33. The fourth-order valence-electron chi connectivity index (χ4n) is 3.69. The van der Waals surface area contributed by atoms with Crippen LogP contribution in [-0.2, 0) is 10.5 Å². The molecule has 0 radical (unpaired) electrons. The van der Waals surface area contributed by atoms with E-state index in [9.17, 15) is 9.59 Å². The Morgan fingerprint density at radius 2 is 2.21 bits per heavy atom. The summed E-state index contributed by atoms with van der Waals surface area (Å²) in [4.78, 5) is 34.2. The quantitative estimate of drug-likeness (QED) is 0.594. The van der Waals surface area contributed by atoms with E-state index in [1.807, 2.05) is 22.9 Å². The molecule has 0 spiro atoms. The zero-order chi connectivity index (χ0) is 19.5. The number of carbonyl (C=O) groups is 1. The van der Waals surface area contributed by atoms with E-state index in [0.29, 0.717) is 34.7 Å². The third-order valence-electron chi connectivity index (χ3n) is 5.21. The van der Waals surface area contributed by atoms with Crippen LogP contribution in [0, 0.1) is 5.92 Å². The van der Waals surface area contributed by atoms with Crippen molar-refractivity contribution >= 4 is 50.6 Å². The van der Waals surface area contributed by atoms with Gasteiger partial charge in [-0.3, -0.25) is 9.59 Å². The smallest absolute Gasteiger partial charge is 0.260 e. The van der Waals surface area contributed by atoms with Crippen molar-refractivity contribution in [3.05, 3.63) is 39.1 Å². The predicted octanol–water partition coefficient (Wildman–Crippen LogP) is 4.64. The number of H-pyrrole nitrogens is 1. The molecule has 3 aromatic heterocycles. The Morgan fingerprint density at radius 3 is 3.00 bits per heavy atom. The summed E-state index contributed by atoms with van der Waals surface area (Å²) < 4.78 is 0. The molecule has 0 saturated heterocycles. The molecule has 4 rings (SSSR count). The maximum atomic E-state index is 12.6. The first-order valence-electron chi connectivity index (χ1n) is 9.53. The number of rotatable bonds is 6. The fraction of sp³-hybridized carbons (Fsp3) is 0.450. The minimum atomic E-state index is -0.106. The Labute approximate surface area is 176 Å². The zero-order valence-corrected chi connectivity index (χ0v) is 18.1. The van der Waals surface area contributed by atoms with Gasteiger partial charge in [-0.2, -0.15) is 0 Å². The number of nitrogens with zero attached hydrogens (tertiary/aromatic N) is 1. The van der Waals surface area contributed by atoms with E-state index in [1.54, 1.807) is 11.3 Å². The molecule has 1 saturated carbocycles. The summed E-state index contributed by atoms with van der Waals surface area (Å²) in [6, 6.07) is 4.30.